The summed E-state index contributed by atoms with van der Waals surface area (Å²) in [4.78, 5) is 22.5. The lowest BCUT2D eigenvalue weighted by Crippen LogP contribution is -2.33. The molecule has 0 bridgehead atoms. The number of carbonyl (C=O) groups excluding carboxylic acids is 1. The van der Waals surface area contributed by atoms with Crippen LogP contribution in [0.3, 0.4) is 0 Å². The molecule has 0 spiro atoms. The molecule has 0 saturated heterocycles. The van der Waals surface area contributed by atoms with E-state index >= 15 is 0 Å². The number of hydrogen-bond donors (Lipinski definition) is 2. The third-order valence-corrected chi connectivity index (χ3v) is 3.36. The van der Waals surface area contributed by atoms with Crippen LogP contribution in [-0.4, -0.2) is 23.0 Å². The number of amides is 1. The van der Waals surface area contributed by atoms with Crippen LogP contribution in [-0.2, 0) is 16.0 Å². The summed E-state index contributed by atoms with van der Waals surface area (Å²) >= 11 is 0. The highest BCUT2D eigenvalue weighted by Crippen LogP contribution is 2.10. The Balaban J connectivity index is 2.29. The van der Waals surface area contributed by atoms with Gasteiger partial charge in [-0.2, -0.15) is 0 Å². The predicted molar refractivity (Wildman–Crippen MR) is 78.4 cm³/mol. The van der Waals surface area contributed by atoms with E-state index in [0.717, 1.165) is 12.8 Å². The zero-order valence-corrected chi connectivity index (χ0v) is 12.4. The molecule has 1 rings (SSSR count). The van der Waals surface area contributed by atoms with Crippen molar-refractivity contribution in [3.63, 3.8) is 0 Å². The van der Waals surface area contributed by atoms with Crippen molar-refractivity contribution in [3.05, 3.63) is 35.6 Å². The summed E-state index contributed by atoms with van der Waals surface area (Å²) in [6.07, 6.45) is 2.22. The molecule has 2 atom stereocenters. The summed E-state index contributed by atoms with van der Waals surface area (Å²) in [5.41, 5.74) is 0.638. The minimum absolute atomic E-state index is 0.0212. The van der Waals surface area contributed by atoms with Gasteiger partial charge in [0.1, 0.15) is 5.82 Å². The number of nitrogens with one attached hydrogen (secondary N) is 1. The van der Waals surface area contributed by atoms with E-state index in [1.807, 2.05) is 6.92 Å². The van der Waals surface area contributed by atoms with E-state index in [1.54, 1.807) is 19.1 Å². The number of carboxylic acids is 1. The van der Waals surface area contributed by atoms with Gasteiger partial charge in [-0.25, -0.2) is 4.39 Å². The summed E-state index contributed by atoms with van der Waals surface area (Å²) in [5, 5.41) is 11.6. The zero-order valence-electron chi connectivity index (χ0n) is 12.4. The van der Waals surface area contributed by atoms with Crippen molar-refractivity contribution in [1.29, 1.82) is 0 Å². The lowest BCUT2D eigenvalue weighted by atomic mass is 10.0. The number of rotatable bonds is 8. The molecule has 2 N–H and O–H groups in total. The molecule has 1 amide bonds. The van der Waals surface area contributed by atoms with E-state index in [9.17, 15) is 14.0 Å². The maximum Gasteiger partial charge on any atom is 0.306 e. The standard InChI is InChI=1S/C16H22FNO3/c1-11(16(20)21)5-3-6-12(2)18-15(19)10-13-7-4-8-14(17)9-13/h4,7-9,11-12H,3,5-6,10H2,1-2H3,(H,18,19)(H,20,21). The molecule has 116 valence electrons. The van der Waals surface area contributed by atoms with Crippen molar-refractivity contribution < 1.29 is 19.1 Å². The Morgan fingerprint density at radius 1 is 1.29 bits per heavy atom. The van der Waals surface area contributed by atoms with Gasteiger partial charge in [0.15, 0.2) is 0 Å². The van der Waals surface area contributed by atoms with Gasteiger partial charge in [-0.15, -0.1) is 0 Å². The van der Waals surface area contributed by atoms with E-state index in [-0.39, 0.29) is 30.1 Å². The van der Waals surface area contributed by atoms with Crippen molar-refractivity contribution in [2.24, 2.45) is 5.92 Å². The molecule has 4 nitrogen and oxygen atoms in total. The molecule has 1 aromatic carbocycles. The number of carboxylic acid groups (broad SMARTS) is 1. The highest BCUT2D eigenvalue weighted by Gasteiger charge is 2.12. The topological polar surface area (TPSA) is 66.4 Å². The van der Waals surface area contributed by atoms with Crippen LogP contribution < -0.4 is 5.32 Å². The van der Waals surface area contributed by atoms with Crippen LogP contribution in [0.25, 0.3) is 0 Å². The minimum atomic E-state index is -0.794. The van der Waals surface area contributed by atoms with E-state index in [1.165, 1.54) is 12.1 Å². The zero-order chi connectivity index (χ0) is 15.8. The second-order valence-electron chi connectivity index (χ2n) is 5.45. The molecule has 0 aromatic heterocycles. The summed E-state index contributed by atoms with van der Waals surface area (Å²) in [6.45, 7) is 3.56. The largest absolute Gasteiger partial charge is 0.481 e. The van der Waals surface area contributed by atoms with Crippen LogP contribution in [0.5, 0.6) is 0 Å². The first-order valence-corrected chi connectivity index (χ1v) is 7.15. The van der Waals surface area contributed by atoms with E-state index in [4.69, 9.17) is 5.11 Å². The van der Waals surface area contributed by atoms with E-state index < -0.39 is 5.97 Å². The van der Waals surface area contributed by atoms with E-state index in [0.29, 0.717) is 12.0 Å². The van der Waals surface area contributed by atoms with Gasteiger partial charge in [0, 0.05) is 6.04 Å². The van der Waals surface area contributed by atoms with Gasteiger partial charge in [0.2, 0.25) is 5.91 Å². The summed E-state index contributed by atoms with van der Waals surface area (Å²) in [6, 6.07) is 5.95. The Bertz CT molecular complexity index is 490. The lowest BCUT2D eigenvalue weighted by Gasteiger charge is -2.14. The van der Waals surface area contributed by atoms with Gasteiger partial charge >= 0.3 is 5.97 Å². The Hall–Kier alpha value is -1.91. The van der Waals surface area contributed by atoms with Crippen LogP contribution in [0.4, 0.5) is 4.39 Å². The Morgan fingerprint density at radius 3 is 2.62 bits per heavy atom. The fourth-order valence-corrected chi connectivity index (χ4v) is 2.08. The first-order valence-electron chi connectivity index (χ1n) is 7.15. The fourth-order valence-electron chi connectivity index (χ4n) is 2.08. The Kier molecular flexibility index (Phi) is 6.85. The highest BCUT2D eigenvalue weighted by atomic mass is 19.1. The highest BCUT2D eigenvalue weighted by molar-refractivity contribution is 5.78. The minimum Gasteiger partial charge on any atom is -0.481 e. The molecular formula is C16H22FNO3. The maximum atomic E-state index is 13.0. The molecule has 2 unspecified atom stereocenters. The van der Waals surface area contributed by atoms with Crippen LogP contribution in [0, 0.1) is 11.7 Å². The summed E-state index contributed by atoms with van der Waals surface area (Å²) < 4.78 is 13.0. The number of halogens is 1. The second kappa shape index (κ2) is 8.39. The molecule has 0 fully saturated rings. The Morgan fingerprint density at radius 2 is 2.00 bits per heavy atom. The normalized spacial score (nSPS) is 13.5. The fraction of sp³-hybridized carbons (Fsp3) is 0.500. The van der Waals surface area contributed by atoms with Crippen molar-refractivity contribution in [2.75, 3.05) is 0 Å². The van der Waals surface area contributed by atoms with Gasteiger partial charge in [0.25, 0.3) is 0 Å². The van der Waals surface area contributed by atoms with Gasteiger partial charge in [-0.3, -0.25) is 9.59 Å². The molecule has 0 aliphatic heterocycles. The van der Waals surface area contributed by atoms with Crippen LogP contribution in [0.2, 0.25) is 0 Å². The smallest absolute Gasteiger partial charge is 0.306 e. The van der Waals surface area contributed by atoms with Crippen LogP contribution in [0.15, 0.2) is 24.3 Å². The Labute approximate surface area is 124 Å². The van der Waals surface area contributed by atoms with Gasteiger partial charge in [0.05, 0.1) is 12.3 Å². The van der Waals surface area contributed by atoms with Crippen molar-refractivity contribution in [1.82, 2.24) is 5.32 Å². The van der Waals surface area contributed by atoms with Gasteiger partial charge < -0.3 is 10.4 Å². The third-order valence-electron chi connectivity index (χ3n) is 3.36. The quantitative estimate of drug-likeness (QED) is 0.775. The molecule has 0 radical (unpaired) electrons. The monoisotopic (exact) mass is 295 g/mol. The molecule has 0 aliphatic carbocycles. The third kappa shape index (κ3) is 6.88. The summed E-state index contributed by atoms with van der Waals surface area (Å²) in [7, 11) is 0. The van der Waals surface area contributed by atoms with Gasteiger partial charge in [-0.1, -0.05) is 25.5 Å². The molecule has 1 aromatic rings. The average molecular weight is 295 g/mol. The van der Waals surface area contributed by atoms with E-state index in [2.05, 4.69) is 5.32 Å². The molecule has 5 heteroatoms. The molecule has 21 heavy (non-hydrogen) atoms. The first-order chi connectivity index (χ1) is 9.88. The number of carbonyl (C=O) groups is 2. The number of benzene rings is 1. The average Bonchev–Trinajstić information content (AvgIpc) is 2.37. The first kappa shape index (κ1) is 17.1. The molecule has 0 saturated carbocycles. The van der Waals surface area contributed by atoms with Crippen molar-refractivity contribution in [3.8, 4) is 0 Å². The van der Waals surface area contributed by atoms with Crippen LogP contribution in [0.1, 0.15) is 38.7 Å². The molecule has 0 heterocycles. The lowest BCUT2D eigenvalue weighted by molar-refractivity contribution is -0.141. The van der Waals surface area contributed by atoms with Gasteiger partial charge in [-0.05, 0) is 37.5 Å². The van der Waals surface area contributed by atoms with Crippen molar-refractivity contribution >= 4 is 11.9 Å². The number of hydrogen-bond acceptors (Lipinski definition) is 2. The SMILES string of the molecule is CC(CCCC(C)C(=O)O)NC(=O)Cc1cccc(F)c1. The van der Waals surface area contributed by atoms with Crippen LogP contribution >= 0.6 is 0 Å². The summed E-state index contributed by atoms with van der Waals surface area (Å²) in [5.74, 6) is -1.66. The number of aliphatic carboxylic acids is 1. The molecular weight excluding hydrogens is 273 g/mol. The predicted octanol–water partition coefficient (Wildman–Crippen LogP) is 2.76. The molecule has 0 aliphatic rings. The maximum absolute atomic E-state index is 13.0. The second-order valence-corrected chi connectivity index (χ2v) is 5.45. The van der Waals surface area contributed by atoms with Crippen molar-refractivity contribution in [2.45, 2.75) is 45.6 Å².